The van der Waals surface area contributed by atoms with Crippen molar-refractivity contribution in [3.8, 4) is 5.75 Å². The molecule has 0 saturated carbocycles. The normalized spacial score (nSPS) is 24.8. The van der Waals surface area contributed by atoms with Gasteiger partial charge in [-0.1, -0.05) is 12.1 Å². The van der Waals surface area contributed by atoms with Gasteiger partial charge in [-0.2, -0.15) is 0 Å². The first kappa shape index (κ1) is 15.8. The van der Waals surface area contributed by atoms with Crippen LogP contribution in [0.2, 0.25) is 0 Å². The van der Waals surface area contributed by atoms with E-state index in [1.165, 1.54) is 12.5 Å². The van der Waals surface area contributed by atoms with E-state index in [-0.39, 0.29) is 18.7 Å². The van der Waals surface area contributed by atoms with Gasteiger partial charge in [0.25, 0.3) is 0 Å². The van der Waals surface area contributed by atoms with Crippen molar-refractivity contribution in [2.24, 2.45) is 0 Å². The fourth-order valence-electron chi connectivity index (χ4n) is 2.28. The van der Waals surface area contributed by atoms with Crippen LogP contribution in [0.15, 0.2) is 24.3 Å². The second kappa shape index (κ2) is 6.91. The van der Waals surface area contributed by atoms with Gasteiger partial charge in [0, 0.05) is 13.3 Å². The van der Waals surface area contributed by atoms with E-state index in [2.05, 4.69) is 0 Å². The number of carbonyl (C=O) groups is 1. The molecule has 0 bridgehead atoms. The van der Waals surface area contributed by atoms with Gasteiger partial charge in [0.2, 0.25) is 0 Å². The summed E-state index contributed by atoms with van der Waals surface area (Å²) in [7, 11) is 1.65. The lowest BCUT2D eigenvalue weighted by Gasteiger charge is -2.23. The molecule has 5 nitrogen and oxygen atoms in total. The molecule has 2 atom stereocenters. The van der Waals surface area contributed by atoms with Crippen molar-refractivity contribution in [2.45, 2.75) is 38.6 Å². The van der Waals surface area contributed by atoms with Crippen molar-refractivity contribution in [3.05, 3.63) is 29.8 Å². The second-order valence-corrected chi connectivity index (χ2v) is 5.34. The maximum Gasteiger partial charge on any atom is 0.302 e. The van der Waals surface area contributed by atoms with E-state index >= 15 is 0 Å². The first-order valence-corrected chi connectivity index (χ1v) is 7.09. The Morgan fingerprint density at radius 2 is 2.10 bits per heavy atom. The van der Waals surface area contributed by atoms with Crippen LogP contribution in [0.5, 0.6) is 5.75 Å². The average Bonchev–Trinajstić information content (AvgIpc) is 2.86. The smallest absolute Gasteiger partial charge is 0.302 e. The van der Waals surface area contributed by atoms with Crippen LogP contribution in [-0.2, 0) is 25.4 Å². The van der Waals surface area contributed by atoms with Crippen LogP contribution >= 0.6 is 0 Å². The van der Waals surface area contributed by atoms with E-state index in [0.717, 1.165) is 18.6 Å². The van der Waals surface area contributed by atoms with E-state index in [0.29, 0.717) is 6.61 Å². The van der Waals surface area contributed by atoms with E-state index in [1.807, 2.05) is 31.2 Å². The van der Waals surface area contributed by atoms with Gasteiger partial charge in [0.05, 0.1) is 13.7 Å². The van der Waals surface area contributed by atoms with Gasteiger partial charge in [-0.05, 0) is 31.0 Å². The molecule has 1 heterocycles. The first-order valence-electron chi connectivity index (χ1n) is 7.09. The van der Waals surface area contributed by atoms with Gasteiger partial charge in [-0.15, -0.1) is 0 Å². The molecule has 0 aromatic heterocycles. The summed E-state index contributed by atoms with van der Waals surface area (Å²) in [5.74, 6) is -0.0738. The Morgan fingerprint density at radius 3 is 2.71 bits per heavy atom. The van der Waals surface area contributed by atoms with Crippen molar-refractivity contribution in [1.82, 2.24) is 0 Å². The summed E-state index contributed by atoms with van der Waals surface area (Å²) in [6, 6.07) is 7.95. The van der Waals surface area contributed by atoms with E-state index in [1.54, 1.807) is 7.11 Å². The predicted molar refractivity (Wildman–Crippen MR) is 77.2 cm³/mol. The van der Waals surface area contributed by atoms with Gasteiger partial charge < -0.3 is 18.9 Å². The molecule has 2 rings (SSSR count). The molecule has 1 saturated heterocycles. The highest BCUT2D eigenvalue weighted by molar-refractivity contribution is 5.65. The minimum absolute atomic E-state index is 0.185. The second-order valence-electron chi connectivity index (χ2n) is 5.34. The molecule has 1 aromatic carbocycles. The molecule has 1 aromatic rings. The van der Waals surface area contributed by atoms with Gasteiger partial charge in [-0.3, -0.25) is 4.79 Å². The maximum atomic E-state index is 10.8. The average molecular weight is 294 g/mol. The van der Waals surface area contributed by atoms with Gasteiger partial charge in [0.15, 0.2) is 5.79 Å². The van der Waals surface area contributed by atoms with Crippen LogP contribution in [0.4, 0.5) is 0 Å². The molecule has 5 heteroatoms. The highest BCUT2D eigenvalue weighted by Gasteiger charge is 2.37. The van der Waals surface area contributed by atoms with Crippen molar-refractivity contribution in [3.63, 3.8) is 0 Å². The Morgan fingerprint density at radius 1 is 1.38 bits per heavy atom. The summed E-state index contributed by atoms with van der Waals surface area (Å²) in [6.45, 7) is 4.00. The number of carbonyl (C=O) groups excluding carboxylic acids is 1. The zero-order valence-corrected chi connectivity index (χ0v) is 12.8. The molecular formula is C16H22O5. The monoisotopic (exact) mass is 294 g/mol. The SMILES string of the molecule is COc1ccc(CC[C@]2(C)OC[C@@H](COC(C)=O)O2)cc1. The number of methoxy groups -OCH3 is 1. The first-order chi connectivity index (χ1) is 10.0. The standard InChI is InChI=1S/C16H22O5/c1-12(17)19-10-15-11-20-16(2,21-15)9-8-13-4-6-14(18-3)7-5-13/h4-7,15H,8-11H2,1-3H3/t15-,16-/m1/s1. The summed E-state index contributed by atoms with van der Waals surface area (Å²) in [6.07, 6.45) is 1.41. The Bertz CT molecular complexity index is 470. The maximum absolute atomic E-state index is 10.8. The number of ether oxygens (including phenoxy) is 4. The minimum atomic E-state index is -0.620. The fourth-order valence-corrected chi connectivity index (χ4v) is 2.28. The molecule has 0 spiro atoms. The number of hydrogen-bond acceptors (Lipinski definition) is 5. The fraction of sp³-hybridized carbons (Fsp3) is 0.562. The lowest BCUT2D eigenvalue weighted by molar-refractivity contribution is -0.168. The molecular weight excluding hydrogens is 272 g/mol. The molecule has 1 fully saturated rings. The predicted octanol–water partition coefficient (Wildman–Crippen LogP) is 2.32. The third-order valence-corrected chi connectivity index (χ3v) is 3.49. The van der Waals surface area contributed by atoms with E-state index in [9.17, 15) is 4.79 Å². The zero-order valence-electron chi connectivity index (χ0n) is 12.8. The van der Waals surface area contributed by atoms with Crippen molar-refractivity contribution in [2.75, 3.05) is 20.3 Å². The Kier molecular flexibility index (Phi) is 5.20. The summed E-state index contributed by atoms with van der Waals surface area (Å²) >= 11 is 0. The number of hydrogen-bond donors (Lipinski definition) is 0. The lowest BCUT2D eigenvalue weighted by atomic mass is 10.1. The molecule has 0 unspecified atom stereocenters. The van der Waals surface area contributed by atoms with E-state index < -0.39 is 5.79 Å². The lowest BCUT2D eigenvalue weighted by Crippen LogP contribution is -2.29. The van der Waals surface area contributed by atoms with E-state index in [4.69, 9.17) is 18.9 Å². The quantitative estimate of drug-likeness (QED) is 0.754. The molecule has 0 radical (unpaired) electrons. The minimum Gasteiger partial charge on any atom is -0.497 e. The van der Waals surface area contributed by atoms with Crippen LogP contribution in [0, 0.1) is 0 Å². The summed E-state index contributed by atoms with van der Waals surface area (Å²) in [4.78, 5) is 10.8. The van der Waals surface area contributed by atoms with Crippen LogP contribution in [0.3, 0.4) is 0 Å². The number of benzene rings is 1. The largest absolute Gasteiger partial charge is 0.497 e. The molecule has 0 N–H and O–H groups in total. The number of rotatable bonds is 6. The third-order valence-electron chi connectivity index (χ3n) is 3.49. The molecule has 116 valence electrons. The molecule has 21 heavy (non-hydrogen) atoms. The number of esters is 1. The molecule has 0 amide bonds. The van der Waals surface area contributed by atoms with Crippen molar-refractivity contribution < 1.29 is 23.7 Å². The Hall–Kier alpha value is -1.59. The zero-order chi connectivity index (χ0) is 15.3. The van der Waals surface area contributed by atoms with Crippen LogP contribution in [0.1, 0.15) is 25.8 Å². The third kappa shape index (κ3) is 4.72. The van der Waals surface area contributed by atoms with Crippen LogP contribution < -0.4 is 4.74 Å². The highest BCUT2D eigenvalue weighted by atomic mass is 16.7. The van der Waals surface area contributed by atoms with Gasteiger partial charge in [0.1, 0.15) is 18.5 Å². The van der Waals surface area contributed by atoms with Crippen molar-refractivity contribution >= 4 is 5.97 Å². The van der Waals surface area contributed by atoms with Gasteiger partial charge >= 0.3 is 5.97 Å². The summed E-state index contributed by atoms with van der Waals surface area (Å²) in [5.41, 5.74) is 1.20. The van der Waals surface area contributed by atoms with Crippen LogP contribution in [0.25, 0.3) is 0 Å². The number of aryl methyl sites for hydroxylation is 1. The summed E-state index contributed by atoms with van der Waals surface area (Å²) in [5, 5.41) is 0. The Labute approximate surface area is 125 Å². The summed E-state index contributed by atoms with van der Waals surface area (Å²) < 4.78 is 21.6. The molecule has 0 aliphatic carbocycles. The van der Waals surface area contributed by atoms with Crippen molar-refractivity contribution in [1.29, 1.82) is 0 Å². The van der Waals surface area contributed by atoms with Gasteiger partial charge in [-0.25, -0.2) is 0 Å². The molecule has 1 aliphatic rings. The Balaban J connectivity index is 1.80. The molecule has 1 aliphatic heterocycles. The topological polar surface area (TPSA) is 54.0 Å². The van der Waals surface area contributed by atoms with Crippen LogP contribution in [-0.4, -0.2) is 38.2 Å². The highest BCUT2D eigenvalue weighted by Crippen LogP contribution is 2.28.